The molecule has 104 valence electrons. The number of nitrogens with zero attached hydrogens (tertiary/aromatic N) is 1. The number of anilines is 1. The van der Waals surface area contributed by atoms with E-state index in [2.05, 4.69) is 29.8 Å². The van der Waals surface area contributed by atoms with Gasteiger partial charge in [0.05, 0.1) is 6.10 Å². The van der Waals surface area contributed by atoms with Crippen LogP contribution in [-0.4, -0.2) is 23.9 Å². The number of carbonyl (C=O) groups is 1. The number of alkyl halides is 1. The monoisotopic (exact) mass is 325 g/mol. The van der Waals surface area contributed by atoms with Crippen molar-refractivity contribution in [2.75, 3.05) is 16.8 Å². The third kappa shape index (κ3) is 3.50. The molecule has 1 aromatic rings. The van der Waals surface area contributed by atoms with Crippen LogP contribution in [0.3, 0.4) is 0 Å². The van der Waals surface area contributed by atoms with Crippen LogP contribution in [0.25, 0.3) is 0 Å². The van der Waals surface area contributed by atoms with E-state index in [1.54, 1.807) is 0 Å². The summed E-state index contributed by atoms with van der Waals surface area (Å²) in [6.07, 6.45) is 1.84. The first-order valence-corrected chi connectivity index (χ1v) is 7.89. The number of rotatable bonds is 5. The van der Waals surface area contributed by atoms with E-state index in [1.165, 1.54) is 0 Å². The molecule has 19 heavy (non-hydrogen) atoms. The summed E-state index contributed by atoms with van der Waals surface area (Å²) in [6.45, 7) is 4.95. The molecule has 1 aromatic carbocycles. The first-order chi connectivity index (χ1) is 9.13. The third-order valence-corrected chi connectivity index (χ3v) is 4.40. The van der Waals surface area contributed by atoms with Crippen LogP contribution in [0.2, 0.25) is 0 Å². The van der Waals surface area contributed by atoms with Crippen LogP contribution in [0, 0.1) is 5.92 Å². The topological polar surface area (TPSA) is 29.5 Å². The zero-order valence-corrected chi connectivity index (χ0v) is 13.0. The lowest BCUT2D eigenvalue weighted by Gasteiger charge is -2.18. The average Bonchev–Trinajstić information content (AvgIpc) is 2.81. The minimum absolute atomic E-state index is 0.208. The van der Waals surface area contributed by atoms with Crippen LogP contribution in [0.5, 0.6) is 5.75 Å². The number of carbonyl (C=O) groups excluding carboxylic acids is 1. The normalized spacial score (nSPS) is 20.7. The highest BCUT2D eigenvalue weighted by molar-refractivity contribution is 9.09. The van der Waals surface area contributed by atoms with Crippen molar-refractivity contribution in [2.45, 2.75) is 32.8 Å². The van der Waals surface area contributed by atoms with Crippen molar-refractivity contribution in [1.82, 2.24) is 0 Å². The second-order valence-electron chi connectivity index (χ2n) is 5.06. The Kier molecular flexibility index (Phi) is 4.86. The van der Waals surface area contributed by atoms with E-state index < -0.39 is 0 Å². The molecule has 0 aromatic heterocycles. The van der Waals surface area contributed by atoms with Gasteiger partial charge in [0.25, 0.3) is 0 Å². The number of benzene rings is 1. The van der Waals surface area contributed by atoms with E-state index in [0.29, 0.717) is 12.3 Å². The molecule has 1 amide bonds. The van der Waals surface area contributed by atoms with Gasteiger partial charge < -0.3 is 9.64 Å². The summed E-state index contributed by atoms with van der Waals surface area (Å²) in [5.74, 6) is 1.49. The molecule has 2 rings (SSSR count). The average molecular weight is 326 g/mol. The third-order valence-electron chi connectivity index (χ3n) is 3.48. The van der Waals surface area contributed by atoms with Crippen molar-refractivity contribution >= 4 is 27.5 Å². The summed E-state index contributed by atoms with van der Waals surface area (Å²) in [5, 5.41) is 0.879. The Morgan fingerprint density at radius 3 is 2.63 bits per heavy atom. The number of amides is 1. The van der Waals surface area contributed by atoms with Crippen LogP contribution in [0.15, 0.2) is 24.3 Å². The van der Waals surface area contributed by atoms with E-state index in [9.17, 15) is 4.79 Å². The van der Waals surface area contributed by atoms with Crippen LogP contribution in [0.1, 0.15) is 26.7 Å². The standard InChI is InChI=1S/C15H20BrNO2/c1-3-11(2)19-14-6-4-13(5-7-14)17-10-12(9-16)8-15(17)18/h4-7,11-12H,3,8-10H2,1-2H3. The molecule has 1 aliphatic rings. The van der Waals surface area contributed by atoms with Crippen molar-refractivity contribution in [3.05, 3.63) is 24.3 Å². The molecule has 1 aliphatic heterocycles. The molecule has 3 nitrogen and oxygen atoms in total. The Morgan fingerprint density at radius 1 is 1.42 bits per heavy atom. The zero-order chi connectivity index (χ0) is 13.8. The summed E-state index contributed by atoms with van der Waals surface area (Å²) in [5.41, 5.74) is 0.963. The zero-order valence-electron chi connectivity index (χ0n) is 11.4. The molecule has 1 fully saturated rings. The molecule has 0 N–H and O–H groups in total. The molecular weight excluding hydrogens is 306 g/mol. The Bertz CT molecular complexity index is 432. The molecule has 2 unspecified atom stereocenters. The van der Waals surface area contributed by atoms with E-state index in [4.69, 9.17) is 4.74 Å². The second-order valence-corrected chi connectivity index (χ2v) is 5.71. The molecule has 1 saturated heterocycles. The Balaban J connectivity index is 2.04. The minimum Gasteiger partial charge on any atom is -0.491 e. The van der Waals surface area contributed by atoms with Crippen molar-refractivity contribution in [2.24, 2.45) is 5.92 Å². The fraction of sp³-hybridized carbons (Fsp3) is 0.533. The number of hydrogen-bond acceptors (Lipinski definition) is 2. The van der Waals surface area contributed by atoms with Crippen molar-refractivity contribution in [3.8, 4) is 5.75 Å². The molecule has 2 atom stereocenters. The van der Waals surface area contributed by atoms with E-state index >= 15 is 0 Å². The lowest BCUT2D eigenvalue weighted by molar-refractivity contribution is -0.117. The number of hydrogen-bond donors (Lipinski definition) is 0. The predicted octanol–water partition coefficient (Wildman–Crippen LogP) is 3.61. The highest BCUT2D eigenvalue weighted by atomic mass is 79.9. The highest BCUT2D eigenvalue weighted by Gasteiger charge is 2.29. The van der Waals surface area contributed by atoms with Crippen LogP contribution >= 0.6 is 15.9 Å². The van der Waals surface area contributed by atoms with Crippen LogP contribution < -0.4 is 9.64 Å². The summed E-state index contributed by atoms with van der Waals surface area (Å²) in [7, 11) is 0. The lowest BCUT2D eigenvalue weighted by Crippen LogP contribution is -2.24. The van der Waals surface area contributed by atoms with Gasteiger partial charge in [-0.25, -0.2) is 0 Å². The Labute approximate surface area is 123 Å². The van der Waals surface area contributed by atoms with Crippen molar-refractivity contribution in [3.63, 3.8) is 0 Å². The van der Waals surface area contributed by atoms with Crippen molar-refractivity contribution in [1.29, 1.82) is 0 Å². The van der Waals surface area contributed by atoms with E-state index in [0.717, 1.165) is 29.7 Å². The van der Waals surface area contributed by atoms with Gasteiger partial charge in [-0.15, -0.1) is 0 Å². The molecule has 1 heterocycles. The SMILES string of the molecule is CCC(C)Oc1ccc(N2CC(CBr)CC2=O)cc1. The molecule has 4 heteroatoms. The number of halogens is 1. The van der Waals surface area contributed by atoms with Gasteiger partial charge >= 0.3 is 0 Å². The molecule has 0 saturated carbocycles. The maximum atomic E-state index is 11.9. The molecular formula is C15H20BrNO2. The van der Waals surface area contributed by atoms with Gasteiger partial charge in [0, 0.05) is 24.0 Å². The first kappa shape index (κ1) is 14.4. The van der Waals surface area contributed by atoms with Gasteiger partial charge in [-0.2, -0.15) is 0 Å². The lowest BCUT2D eigenvalue weighted by atomic mass is 10.2. The fourth-order valence-electron chi connectivity index (χ4n) is 2.15. The minimum atomic E-state index is 0.208. The summed E-state index contributed by atoms with van der Waals surface area (Å²) in [6, 6.07) is 7.81. The Hall–Kier alpha value is -1.03. The van der Waals surface area contributed by atoms with E-state index in [1.807, 2.05) is 29.2 Å². The molecule has 0 radical (unpaired) electrons. The van der Waals surface area contributed by atoms with Gasteiger partial charge in [-0.3, -0.25) is 4.79 Å². The van der Waals surface area contributed by atoms with Gasteiger partial charge in [0.2, 0.25) is 5.91 Å². The second kappa shape index (κ2) is 6.42. The maximum Gasteiger partial charge on any atom is 0.227 e. The first-order valence-electron chi connectivity index (χ1n) is 6.77. The van der Waals surface area contributed by atoms with E-state index in [-0.39, 0.29) is 12.0 Å². The smallest absolute Gasteiger partial charge is 0.227 e. The summed E-state index contributed by atoms with van der Waals surface area (Å²) < 4.78 is 5.74. The molecule has 0 aliphatic carbocycles. The van der Waals surface area contributed by atoms with Crippen LogP contribution in [-0.2, 0) is 4.79 Å². The summed E-state index contributed by atoms with van der Waals surface area (Å²) in [4.78, 5) is 13.8. The highest BCUT2D eigenvalue weighted by Crippen LogP contribution is 2.27. The predicted molar refractivity (Wildman–Crippen MR) is 81.1 cm³/mol. The maximum absolute atomic E-state index is 11.9. The Morgan fingerprint density at radius 2 is 2.11 bits per heavy atom. The largest absolute Gasteiger partial charge is 0.491 e. The quantitative estimate of drug-likeness (QED) is 0.774. The van der Waals surface area contributed by atoms with Gasteiger partial charge in [0.15, 0.2) is 0 Å². The van der Waals surface area contributed by atoms with Gasteiger partial charge in [0.1, 0.15) is 5.75 Å². The summed E-state index contributed by atoms with van der Waals surface area (Å²) >= 11 is 3.45. The molecule has 0 spiro atoms. The van der Waals surface area contributed by atoms with Crippen LogP contribution in [0.4, 0.5) is 5.69 Å². The van der Waals surface area contributed by atoms with Crippen molar-refractivity contribution < 1.29 is 9.53 Å². The fourth-order valence-corrected chi connectivity index (χ4v) is 2.59. The molecule has 0 bridgehead atoms. The van der Waals surface area contributed by atoms with Gasteiger partial charge in [-0.05, 0) is 43.5 Å². The van der Waals surface area contributed by atoms with Gasteiger partial charge in [-0.1, -0.05) is 22.9 Å². The number of ether oxygens (including phenoxy) is 1.